The molecule has 0 unspecified atom stereocenters. The molecule has 0 aromatic heterocycles. The molecule has 9 aromatic rings. The molecule has 0 bridgehead atoms. The Hall–Kier alpha value is -6.24. The molecule has 0 heterocycles. The Labute approximate surface area is 281 Å². The molecule has 0 saturated carbocycles. The molecule has 0 N–H and O–H groups in total. The van der Waals surface area contributed by atoms with Gasteiger partial charge in [-0.3, -0.25) is 0 Å². The summed E-state index contributed by atoms with van der Waals surface area (Å²) in [6.45, 7) is 0. The fraction of sp³-hybridized carbons (Fsp3) is 0. The minimum Gasteiger partial charge on any atom is -0.0622 e. The van der Waals surface area contributed by atoms with E-state index >= 15 is 0 Å². The Morgan fingerprint density at radius 1 is 0.208 bits per heavy atom. The molecule has 0 amide bonds. The molecule has 9 rings (SSSR count). The molecule has 48 heavy (non-hydrogen) atoms. The summed E-state index contributed by atoms with van der Waals surface area (Å²) in [5, 5.41) is 7.53. The van der Waals surface area contributed by atoms with Crippen LogP contribution >= 0.6 is 0 Å². The lowest BCUT2D eigenvalue weighted by molar-refractivity contribution is 1.60. The van der Waals surface area contributed by atoms with Gasteiger partial charge in [-0.2, -0.15) is 0 Å². The zero-order chi connectivity index (χ0) is 31.9. The summed E-state index contributed by atoms with van der Waals surface area (Å²) < 4.78 is 0. The van der Waals surface area contributed by atoms with Gasteiger partial charge < -0.3 is 0 Å². The van der Waals surface area contributed by atoms with Gasteiger partial charge in [-0.25, -0.2) is 0 Å². The van der Waals surface area contributed by atoms with E-state index in [1.165, 1.54) is 88.0 Å². The van der Waals surface area contributed by atoms with E-state index in [-0.39, 0.29) is 0 Å². The van der Waals surface area contributed by atoms with Crippen molar-refractivity contribution in [2.75, 3.05) is 0 Å². The average Bonchev–Trinajstić information content (AvgIpc) is 3.17. The van der Waals surface area contributed by atoms with Crippen LogP contribution in [-0.2, 0) is 0 Å². The van der Waals surface area contributed by atoms with E-state index in [4.69, 9.17) is 0 Å². The van der Waals surface area contributed by atoms with Crippen molar-refractivity contribution in [1.82, 2.24) is 0 Å². The van der Waals surface area contributed by atoms with Gasteiger partial charge in [0.15, 0.2) is 0 Å². The molecule has 0 aliphatic heterocycles. The van der Waals surface area contributed by atoms with Gasteiger partial charge in [0.05, 0.1) is 0 Å². The van der Waals surface area contributed by atoms with E-state index in [2.05, 4.69) is 194 Å². The summed E-state index contributed by atoms with van der Waals surface area (Å²) in [5.41, 5.74) is 12.3. The normalized spacial score (nSPS) is 11.3. The van der Waals surface area contributed by atoms with Crippen LogP contribution in [0.15, 0.2) is 194 Å². The van der Waals surface area contributed by atoms with Crippen molar-refractivity contribution in [3.8, 4) is 55.6 Å². The van der Waals surface area contributed by atoms with Gasteiger partial charge in [0, 0.05) is 0 Å². The smallest absolute Gasteiger partial charge is 0.00199 e. The van der Waals surface area contributed by atoms with Gasteiger partial charge in [-0.05, 0) is 100 Å². The van der Waals surface area contributed by atoms with Crippen molar-refractivity contribution >= 4 is 32.3 Å². The monoisotopic (exact) mass is 608 g/mol. The van der Waals surface area contributed by atoms with E-state index in [1.807, 2.05) is 0 Å². The summed E-state index contributed by atoms with van der Waals surface area (Å²) in [4.78, 5) is 0. The lowest BCUT2D eigenvalue weighted by atomic mass is 9.82. The van der Waals surface area contributed by atoms with Crippen LogP contribution in [-0.4, -0.2) is 0 Å². The molecular weight excluding hydrogens is 577 g/mol. The van der Waals surface area contributed by atoms with Crippen LogP contribution in [0.1, 0.15) is 0 Å². The summed E-state index contributed by atoms with van der Waals surface area (Å²) in [6, 6.07) is 70.8. The summed E-state index contributed by atoms with van der Waals surface area (Å²) >= 11 is 0. The first-order valence-electron chi connectivity index (χ1n) is 16.6. The van der Waals surface area contributed by atoms with E-state index in [1.54, 1.807) is 0 Å². The quantitative estimate of drug-likeness (QED) is 0.171. The molecule has 0 spiro atoms. The number of hydrogen-bond donors (Lipinski definition) is 0. The number of fused-ring (bicyclic) bond motifs is 3. The van der Waals surface area contributed by atoms with E-state index in [0.717, 1.165) is 0 Å². The highest BCUT2D eigenvalue weighted by Crippen LogP contribution is 2.47. The molecule has 0 atom stereocenters. The zero-order valence-electron chi connectivity index (χ0n) is 26.5. The van der Waals surface area contributed by atoms with E-state index in [9.17, 15) is 0 Å². The van der Waals surface area contributed by atoms with E-state index in [0.29, 0.717) is 0 Å². The highest BCUT2D eigenvalue weighted by Gasteiger charge is 2.20. The van der Waals surface area contributed by atoms with Crippen molar-refractivity contribution in [3.63, 3.8) is 0 Å². The van der Waals surface area contributed by atoms with Crippen molar-refractivity contribution in [2.45, 2.75) is 0 Å². The minimum absolute atomic E-state index is 1.21. The van der Waals surface area contributed by atoms with Gasteiger partial charge in [-0.1, -0.05) is 182 Å². The first-order chi connectivity index (χ1) is 23.8. The Bertz CT molecular complexity index is 2560. The predicted octanol–water partition coefficient (Wildman–Crippen LogP) is 13.5. The third kappa shape index (κ3) is 4.87. The van der Waals surface area contributed by atoms with Crippen molar-refractivity contribution in [3.05, 3.63) is 194 Å². The van der Waals surface area contributed by atoms with Gasteiger partial charge in [0.1, 0.15) is 0 Å². The Morgan fingerprint density at radius 2 is 0.625 bits per heavy atom. The second-order valence-electron chi connectivity index (χ2n) is 12.5. The van der Waals surface area contributed by atoms with Crippen LogP contribution in [0.3, 0.4) is 0 Å². The van der Waals surface area contributed by atoms with Gasteiger partial charge >= 0.3 is 0 Å². The molecule has 0 radical (unpaired) electrons. The average molecular weight is 609 g/mol. The second kappa shape index (κ2) is 11.8. The first-order valence-corrected chi connectivity index (χ1v) is 16.6. The molecule has 0 heteroatoms. The van der Waals surface area contributed by atoms with Crippen molar-refractivity contribution < 1.29 is 0 Å². The highest BCUT2D eigenvalue weighted by atomic mass is 14.2. The van der Waals surface area contributed by atoms with Gasteiger partial charge in [-0.15, -0.1) is 0 Å². The maximum absolute atomic E-state index is 2.41. The Balaban J connectivity index is 1.41. The second-order valence-corrected chi connectivity index (χ2v) is 12.5. The molecule has 0 saturated heterocycles. The first kappa shape index (κ1) is 28.0. The fourth-order valence-electron chi connectivity index (χ4n) is 7.35. The van der Waals surface area contributed by atoms with Crippen LogP contribution in [0.2, 0.25) is 0 Å². The van der Waals surface area contributed by atoms with Crippen LogP contribution < -0.4 is 0 Å². The molecular formula is C48H32. The minimum atomic E-state index is 1.21. The lowest BCUT2D eigenvalue weighted by Crippen LogP contribution is -1.93. The number of benzene rings is 9. The largest absolute Gasteiger partial charge is 0.0622 e. The van der Waals surface area contributed by atoms with Crippen LogP contribution in [0, 0.1) is 0 Å². The SMILES string of the molecule is c1ccc(-c2ccc(-c3c4cc(-c5ccccc5)ccc4c(-c4cccc5ccccc45)c4cc(-c5ccccc5)ccc34)cc2)cc1. The van der Waals surface area contributed by atoms with Crippen LogP contribution in [0.25, 0.3) is 88.0 Å². The molecule has 0 fully saturated rings. The fourth-order valence-corrected chi connectivity index (χ4v) is 7.35. The Kier molecular flexibility index (Phi) is 6.91. The number of hydrogen-bond acceptors (Lipinski definition) is 0. The van der Waals surface area contributed by atoms with Crippen molar-refractivity contribution in [1.29, 1.82) is 0 Å². The maximum atomic E-state index is 2.41. The summed E-state index contributed by atoms with van der Waals surface area (Å²) in [7, 11) is 0. The van der Waals surface area contributed by atoms with Crippen molar-refractivity contribution in [2.24, 2.45) is 0 Å². The zero-order valence-corrected chi connectivity index (χ0v) is 26.5. The molecule has 9 aromatic carbocycles. The van der Waals surface area contributed by atoms with Gasteiger partial charge in [0.2, 0.25) is 0 Å². The molecule has 0 nitrogen and oxygen atoms in total. The van der Waals surface area contributed by atoms with Crippen LogP contribution in [0.4, 0.5) is 0 Å². The highest BCUT2D eigenvalue weighted by molar-refractivity contribution is 6.24. The lowest BCUT2D eigenvalue weighted by Gasteiger charge is -2.20. The standard InChI is InChI=1S/C48H32/c1-4-13-33(14-5-1)36-23-25-38(26-24-36)47-43-29-27-40(35-17-8-3-9-18-35)32-46(43)48(42-22-12-20-37-19-10-11-21-41(37)42)44-30-28-39(31-45(44)47)34-15-6-2-7-16-34/h1-32H. The molecule has 224 valence electrons. The Morgan fingerprint density at radius 3 is 1.23 bits per heavy atom. The molecule has 0 aliphatic carbocycles. The number of rotatable bonds is 5. The van der Waals surface area contributed by atoms with E-state index < -0.39 is 0 Å². The predicted molar refractivity (Wildman–Crippen MR) is 206 cm³/mol. The molecule has 0 aliphatic rings. The third-order valence-corrected chi connectivity index (χ3v) is 9.67. The topological polar surface area (TPSA) is 0 Å². The summed E-state index contributed by atoms with van der Waals surface area (Å²) in [5.74, 6) is 0. The van der Waals surface area contributed by atoms with Gasteiger partial charge in [0.25, 0.3) is 0 Å². The third-order valence-electron chi connectivity index (χ3n) is 9.67. The van der Waals surface area contributed by atoms with Crippen LogP contribution in [0.5, 0.6) is 0 Å². The maximum Gasteiger partial charge on any atom is -0.00199 e. The summed E-state index contributed by atoms with van der Waals surface area (Å²) in [6.07, 6.45) is 0.